The molecule has 1 aliphatic rings. The average molecular weight is 317 g/mol. The van der Waals surface area contributed by atoms with Crippen LogP contribution in [-0.4, -0.2) is 37.8 Å². The van der Waals surface area contributed by atoms with Crippen LogP contribution in [0.1, 0.15) is 33.4 Å². The van der Waals surface area contributed by atoms with Gasteiger partial charge in [-0.05, 0) is 12.3 Å². The maximum atomic E-state index is 11.9. The Hall–Kier alpha value is -2.35. The summed E-state index contributed by atoms with van der Waals surface area (Å²) in [6.07, 6.45) is 3.80. The van der Waals surface area contributed by atoms with Crippen molar-refractivity contribution in [2.45, 2.75) is 39.5 Å². The highest BCUT2D eigenvalue weighted by Crippen LogP contribution is 2.34. The van der Waals surface area contributed by atoms with Crippen molar-refractivity contribution < 1.29 is 14.3 Å². The lowest BCUT2D eigenvalue weighted by Crippen LogP contribution is -2.19. The SMILES string of the molecule is CC(C)C(=O)Nc1ncnc2c1ncn2[C@H]1C[C@H](C)[C@@H](C=O)O1. The molecule has 0 spiro atoms. The van der Waals surface area contributed by atoms with E-state index < -0.39 is 6.10 Å². The van der Waals surface area contributed by atoms with Gasteiger partial charge in [0.05, 0.1) is 6.33 Å². The number of nitrogens with zero attached hydrogens (tertiary/aromatic N) is 4. The first-order valence-corrected chi connectivity index (χ1v) is 7.60. The number of anilines is 1. The van der Waals surface area contributed by atoms with E-state index in [0.29, 0.717) is 23.4 Å². The number of fused-ring (bicyclic) bond motifs is 1. The summed E-state index contributed by atoms with van der Waals surface area (Å²) < 4.78 is 7.52. The largest absolute Gasteiger partial charge is 0.347 e. The number of aromatic nitrogens is 4. The smallest absolute Gasteiger partial charge is 0.228 e. The number of nitrogens with one attached hydrogen (secondary N) is 1. The molecule has 0 aliphatic carbocycles. The number of carbonyl (C=O) groups is 2. The van der Waals surface area contributed by atoms with E-state index in [1.165, 1.54) is 6.33 Å². The van der Waals surface area contributed by atoms with Crippen LogP contribution in [0, 0.1) is 11.8 Å². The van der Waals surface area contributed by atoms with Crippen LogP contribution in [0.3, 0.4) is 0 Å². The number of carbonyl (C=O) groups excluding carboxylic acids is 2. The van der Waals surface area contributed by atoms with Gasteiger partial charge >= 0.3 is 0 Å². The Balaban J connectivity index is 1.93. The molecule has 3 heterocycles. The molecule has 0 saturated carbocycles. The van der Waals surface area contributed by atoms with Gasteiger partial charge in [-0.1, -0.05) is 20.8 Å². The summed E-state index contributed by atoms with van der Waals surface area (Å²) in [7, 11) is 0. The predicted molar refractivity (Wildman–Crippen MR) is 82.5 cm³/mol. The zero-order valence-corrected chi connectivity index (χ0v) is 13.3. The quantitative estimate of drug-likeness (QED) is 0.859. The third kappa shape index (κ3) is 2.81. The Bertz CT molecular complexity index is 742. The summed E-state index contributed by atoms with van der Waals surface area (Å²) in [6.45, 7) is 5.58. The van der Waals surface area contributed by atoms with E-state index in [4.69, 9.17) is 4.74 Å². The summed E-state index contributed by atoms with van der Waals surface area (Å²) in [5.74, 6) is 0.225. The summed E-state index contributed by atoms with van der Waals surface area (Å²) in [4.78, 5) is 35.5. The number of hydrogen-bond acceptors (Lipinski definition) is 6. The fourth-order valence-electron chi connectivity index (χ4n) is 2.58. The molecule has 0 bridgehead atoms. The van der Waals surface area contributed by atoms with Gasteiger partial charge in [0, 0.05) is 5.92 Å². The van der Waals surface area contributed by atoms with E-state index in [0.717, 1.165) is 6.29 Å². The Morgan fingerprint density at radius 2 is 2.22 bits per heavy atom. The zero-order chi connectivity index (χ0) is 16.6. The van der Waals surface area contributed by atoms with E-state index in [9.17, 15) is 9.59 Å². The number of ether oxygens (including phenoxy) is 1. The highest BCUT2D eigenvalue weighted by molar-refractivity contribution is 5.97. The number of rotatable bonds is 4. The van der Waals surface area contributed by atoms with Crippen molar-refractivity contribution in [3.63, 3.8) is 0 Å². The minimum Gasteiger partial charge on any atom is -0.347 e. The van der Waals surface area contributed by atoms with Crippen molar-refractivity contribution in [3.05, 3.63) is 12.7 Å². The predicted octanol–water partition coefficient (Wildman–Crippen LogP) is 1.54. The molecule has 3 rings (SSSR count). The minimum absolute atomic E-state index is 0.133. The first-order valence-electron chi connectivity index (χ1n) is 7.60. The number of imidazole rings is 1. The van der Waals surface area contributed by atoms with Gasteiger partial charge in [-0.2, -0.15) is 0 Å². The topological polar surface area (TPSA) is 99.0 Å². The third-order valence-electron chi connectivity index (χ3n) is 4.02. The summed E-state index contributed by atoms with van der Waals surface area (Å²) in [6, 6.07) is 0. The van der Waals surface area contributed by atoms with E-state index in [1.807, 2.05) is 6.92 Å². The summed E-state index contributed by atoms with van der Waals surface area (Å²) in [5.41, 5.74) is 1.08. The molecule has 0 aromatic carbocycles. The van der Waals surface area contributed by atoms with Crippen LogP contribution < -0.4 is 5.32 Å². The fraction of sp³-hybridized carbons (Fsp3) is 0.533. The summed E-state index contributed by atoms with van der Waals surface area (Å²) in [5, 5.41) is 2.75. The molecule has 0 radical (unpaired) electrons. The van der Waals surface area contributed by atoms with Crippen molar-refractivity contribution in [2.24, 2.45) is 11.8 Å². The van der Waals surface area contributed by atoms with E-state index in [1.54, 1.807) is 24.7 Å². The van der Waals surface area contributed by atoms with Gasteiger partial charge in [0.1, 0.15) is 24.9 Å². The van der Waals surface area contributed by atoms with E-state index in [2.05, 4.69) is 20.3 Å². The Kier molecular flexibility index (Phi) is 4.08. The van der Waals surface area contributed by atoms with Crippen LogP contribution in [0.15, 0.2) is 12.7 Å². The monoisotopic (exact) mass is 317 g/mol. The second-order valence-electron chi connectivity index (χ2n) is 6.09. The van der Waals surface area contributed by atoms with Gasteiger partial charge in [0.2, 0.25) is 5.91 Å². The molecule has 0 unspecified atom stereocenters. The van der Waals surface area contributed by atoms with Gasteiger partial charge in [-0.3, -0.25) is 9.36 Å². The molecule has 2 aromatic rings. The van der Waals surface area contributed by atoms with E-state index >= 15 is 0 Å². The highest BCUT2D eigenvalue weighted by Gasteiger charge is 2.34. The Morgan fingerprint density at radius 1 is 1.43 bits per heavy atom. The minimum atomic E-state index is -0.417. The van der Waals surface area contributed by atoms with Crippen molar-refractivity contribution in [2.75, 3.05) is 5.32 Å². The van der Waals surface area contributed by atoms with Crippen molar-refractivity contribution in [3.8, 4) is 0 Å². The van der Waals surface area contributed by atoms with E-state index in [-0.39, 0.29) is 24.0 Å². The van der Waals surface area contributed by atoms with Gasteiger partial charge in [0.25, 0.3) is 0 Å². The van der Waals surface area contributed by atoms with Crippen LogP contribution in [0.25, 0.3) is 11.2 Å². The number of hydrogen-bond donors (Lipinski definition) is 1. The van der Waals surface area contributed by atoms with Crippen molar-refractivity contribution in [1.29, 1.82) is 0 Å². The lowest BCUT2D eigenvalue weighted by atomic mass is 10.0. The molecule has 1 amide bonds. The fourth-order valence-corrected chi connectivity index (χ4v) is 2.58. The molecule has 122 valence electrons. The maximum Gasteiger partial charge on any atom is 0.228 e. The zero-order valence-electron chi connectivity index (χ0n) is 13.3. The molecule has 23 heavy (non-hydrogen) atoms. The number of amides is 1. The summed E-state index contributed by atoms with van der Waals surface area (Å²) >= 11 is 0. The lowest BCUT2D eigenvalue weighted by Gasteiger charge is -2.12. The highest BCUT2D eigenvalue weighted by atomic mass is 16.5. The molecule has 2 aromatic heterocycles. The number of aldehydes is 1. The standard InChI is InChI=1S/C15H19N5O3/c1-8(2)15(22)19-13-12-14(17-6-16-13)20(7-18-12)11-4-9(3)10(5-21)23-11/h5-11H,4H2,1-3H3,(H,16,17,19,22)/t9-,10+,11+/m0/s1. The molecular weight excluding hydrogens is 298 g/mol. The van der Waals surface area contributed by atoms with Crippen LogP contribution >= 0.6 is 0 Å². The van der Waals surface area contributed by atoms with Gasteiger partial charge in [0.15, 0.2) is 17.0 Å². The van der Waals surface area contributed by atoms with Gasteiger partial charge < -0.3 is 14.8 Å². The molecule has 3 atom stereocenters. The Labute approximate surface area is 133 Å². The third-order valence-corrected chi connectivity index (χ3v) is 4.02. The first kappa shape index (κ1) is 15.5. The molecule has 8 heteroatoms. The van der Waals surface area contributed by atoms with Crippen LogP contribution in [0.5, 0.6) is 0 Å². The molecule has 1 aliphatic heterocycles. The second kappa shape index (κ2) is 6.04. The molecule has 1 saturated heterocycles. The van der Waals surface area contributed by atoms with Crippen LogP contribution in [0.2, 0.25) is 0 Å². The second-order valence-corrected chi connectivity index (χ2v) is 6.09. The molecule has 1 N–H and O–H groups in total. The molecule has 1 fully saturated rings. The van der Waals surface area contributed by atoms with Gasteiger partial charge in [-0.15, -0.1) is 0 Å². The lowest BCUT2D eigenvalue weighted by molar-refractivity contribution is -0.120. The first-order chi connectivity index (χ1) is 11.0. The normalized spacial score (nSPS) is 24.3. The Morgan fingerprint density at radius 3 is 2.87 bits per heavy atom. The average Bonchev–Trinajstić information content (AvgIpc) is 3.10. The van der Waals surface area contributed by atoms with Crippen LogP contribution in [-0.2, 0) is 14.3 Å². The van der Waals surface area contributed by atoms with Crippen molar-refractivity contribution in [1.82, 2.24) is 19.5 Å². The van der Waals surface area contributed by atoms with Gasteiger partial charge in [-0.25, -0.2) is 15.0 Å². The molecular formula is C15H19N5O3. The maximum absolute atomic E-state index is 11.9. The van der Waals surface area contributed by atoms with Crippen LogP contribution in [0.4, 0.5) is 5.82 Å². The molecule has 8 nitrogen and oxygen atoms in total. The van der Waals surface area contributed by atoms with Crippen molar-refractivity contribution >= 4 is 29.2 Å².